The fourth-order valence-corrected chi connectivity index (χ4v) is 5.84. The highest BCUT2D eigenvalue weighted by Crippen LogP contribution is 2.34. The van der Waals surface area contributed by atoms with Crippen molar-refractivity contribution in [2.24, 2.45) is 0 Å². The van der Waals surface area contributed by atoms with Crippen LogP contribution in [0.15, 0.2) is 71.6 Å². The third-order valence-electron chi connectivity index (χ3n) is 6.93. The molecule has 3 aromatic carbocycles. The number of nitrogens with one attached hydrogen (secondary N) is 1. The van der Waals surface area contributed by atoms with Gasteiger partial charge in [0.15, 0.2) is 11.5 Å². The number of ether oxygens (including phenoxy) is 2. The van der Waals surface area contributed by atoms with E-state index in [1.165, 1.54) is 35.2 Å². The molecule has 3 aromatic rings. The number of nitrogens with zero attached hydrogens (tertiary/aromatic N) is 2. The lowest BCUT2D eigenvalue weighted by Gasteiger charge is -2.32. The van der Waals surface area contributed by atoms with Crippen molar-refractivity contribution < 1.29 is 31.9 Å². The van der Waals surface area contributed by atoms with E-state index in [0.717, 1.165) is 16.4 Å². The Bertz CT molecular complexity index is 1520. The number of hydrogen-bond donors (Lipinski definition) is 1. The normalized spacial score (nSPS) is 14.0. The van der Waals surface area contributed by atoms with Gasteiger partial charge in [0, 0.05) is 23.7 Å². The summed E-state index contributed by atoms with van der Waals surface area (Å²) in [7, 11) is -4.37. The van der Waals surface area contributed by atoms with Gasteiger partial charge in [0.2, 0.25) is 11.8 Å². The van der Waals surface area contributed by atoms with Crippen LogP contribution in [-0.4, -0.2) is 57.0 Å². The summed E-state index contributed by atoms with van der Waals surface area (Å²) in [6.07, 6.45) is 0.690. The van der Waals surface area contributed by atoms with Crippen molar-refractivity contribution in [3.8, 4) is 11.5 Å². The highest BCUT2D eigenvalue weighted by atomic mass is 35.5. The molecule has 2 amide bonds. The van der Waals surface area contributed by atoms with Gasteiger partial charge in [-0.1, -0.05) is 30.7 Å². The highest BCUT2D eigenvalue weighted by molar-refractivity contribution is 7.92. The lowest BCUT2D eigenvalue weighted by atomic mass is 10.1. The maximum Gasteiger partial charge on any atom is 0.264 e. The third kappa shape index (κ3) is 7.32. The summed E-state index contributed by atoms with van der Waals surface area (Å²) in [5, 5.41) is 3.39. The molecule has 4 rings (SSSR count). The molecule has 0 saturated carbocycles. The van der Waals surface area contributed by atoms with Gasteiger partial charge in [-0.05, 0) is 74.4 Å². The number of amides is 2. The molecule has 1 N–H and O–H groups in total. The summed E-state index contributed by atoms with van der Waals surface area (Å²) in [6.45, 7) is 5.32. The summed E-state index contributed by atoms with van der Waals surface area (Å²) >= 11 is 6.04. The molecule has 1 aliphatic rings. The predicted molar refractivity (Wildman–Crippen MR) is 158 cm³/mol. The number of fused-ring (bicyclic) bond motifs is 1. The van der Waals surface area contributed by atoms with Crippen LogP contribution in [0.5, 0.6) is 11.5 Å². The summed E-state index contributed by atoms with van der Waals surface area (Å²) < 4.78 is 53.8. The highest BCUT2D eigenvalue weighted by Gasteiger charge is 2.33. The summed E-state index contributed by atoms with van der Waals surface area (Å²) in [6, 6.07) is 14.7. The standard InChI is InChI=1S/C30H33ClFN3O6S/c1-4-20(2)33-30(37)21(3)34(18-22-5-7-23(31)8-6-22)29(36)19-35(25-11-9-24(32)10-12-25)42(38,39)26-13-14-27-28(17-26)41-16-15-40-27/h5-14,17,20-21H,4,15-16,18-19H2,1-3H3,(H,33,37). The van der Waals surface area contributed by atoms with E-state index in [4.69, 9.17) is 21.1 Å². The molecule has 224 valence electrons. The molecule has 0 saturated heterocycles. The van der Waals surface area contributed by atoms with Crippen LogP contribution in [0.1, 0.15) is 32.8 Å². The van der Waals surface area contributed by atoms with Crippen molar-refractivity contribution in [2.45, 2.75) is 50.7 Å². The third-order valence-corrected chi connectivity index (χ3v) is 8.95. The Morgan fingerprint density at radius 3 is 2.26 bits per heavy atom. The second kappa shape index (κ2) is 13.4. The van der Waals surface area contributed by atoms with Crippen LogP contribution in [0.2, 0.25) is 5.02 Å². The Kier molecular flexibility index (Phi) is 9.95. The van der Waals surface area contributed by atoms with E-state index in [0.29, 0.717) is 29.4 Å². The van der Waals surface area contributed by atoms with Crippen LogP contribution in [0.4, 0.5) is 10.1 Å². The van der Waals surface area contributed by atoms with E-state index < -0.39 is 34.3 Å². The van der Waals surface area contributed by atoms with Crippen molar-refractivity contribution >= 4 is 39.1 Å². The first-order valence-corrected chi connectivity index (χ1v) is 15.3. The fourth-order valence-electron chi connectivity index (χ4n) is 4.28. The van der Waals surface area contributed by atoms with Crippen molar-refractivity contribution in [2.75, 3.05) is 24.1 Å². The Labute approximate surface area is 250 Å². The lowest BCUT2D eigenvalue weighted by Crippen LogP contribution is -2.52. The predicted octanol–water partition coefficient (Wildman–Crippen LogP) is 4.78. The van der Waals surface area contributed by atoms with Crippen LogP contribution in [0, 0.1) is 5.82 Å². The molecule has 0 radical (unpaired) electrons. The average molecular weight is 618 g/mol. The Morgan fingerprint density at radius 2 is 1.62 bits per heavy atom. The molecule has 0 fully saturated rings. The van der Waals surface area contributed by atoms with Crippen LogP contribution in [0.3, 0.4) is 0 Å². The number of carbonyl (C=O) groups excluding carboxylic acids is 2. The monoisotopic (exact) mass is 617 g/mol. The maximum absolute atomic E-state index is 14.0. The van der Waals surface area contributed by atoms with Crippen LogP contribution >= 0.6 is 11.6 Å². The van der Waals surface area contributed by atoms with Crippen molar-refractivity contribution in [3.05, 3.63) is 83.1 Å². The summed E-state index contributed by atoms with van der Waals surface area (Å²) in [4.78, 5) is 28.3. The SMILES string of the molecule is CCC(C)NC(=O)C(C)N(Cc1ccc(Cl)cc1)C(=O)CN(c1ccc(F)cc1)S(=O)(=O)c1ccc2c(c1)OCCO2. The number of sulfonamides is 1. The molecule has 2 unspecified atom stereocenters. The number of carbonyl (C=O) groups is 2. The molecule has 0 bridgehead atoms. The average Bonchev–Trinajstić information content (AvgIpc) is 2.99. The Hall–Kier alpha value is -3.83. The Morgan fingerprint density at radius 1 is 0.976 bits per heavy atom. The van der Waals surface area contributed by atoms with Gasteiger partial charge in [0.1, 0.15) is 31.6 Å². The number of hydrogen-bond acceptors (Lipinski definition) is 6. The first-order chi connectivity index (χ1) is 20.0. The zero-order valence-corrected chi connectivity index (χ0v) is 25.1. The minimum atomic E-state index is -4.37. The Balaban J connectivity index is 1.71. The van der Waals surface area contributed by atoms with Gasteiger partial charge in [-0.3, -0.25) is 13.9 Å². The largest absolute Gasteiger partial charge is 0.486 e. The molecular formula is C30H33ClFN3O6S. The zero-order valence-electron chi connectivity index (χ0n) is 23.5. The smallest absolute Gasteiger partial charge is 0.264 e. The summed E-state index contributed by atoms with van der Waals surface area (Å²) in [5.74, 6) is -0.925. The van der Waals surface area contributed by atoms with Crippen molar-refractivity contribution in [1.29, 1.82) is 0 Å². The maximum atomic E-state index is 14.0. The van der Waals surface area contributed by atoms with E-state index in [-0.39, 0.29) is 41.4 Å². The molecule has 0 aliphatic carbocycles. The molecule has 12 heteroatoms. The first kappa shape index (κ1) is 31.1. The van der Waals surface area contributed by atoms with E-state index in [2.05, 4.69) is 5.32 Å². The zero-order chi connectivity index (χ0) is 30.4. The van der Waals surface area contributed by atoms with Crippen LogP contribution in [0.25, 0.3) is 0 Å². The lowest BCUT2D eigenvalue weighted by molar-refractivity contribution is -0.139. The number of benzene rings is 3. The molecule has 2 atom stereocenters. The number of halogens is 2. The van der Waals surface area contributed by atoms with Gasteiger partial charge in [-0.15, -0.1) is 0 Å². The van der Waals surface area contributed by atoms with E-state index >= 15 is 0 Å². The fraction of sp³-hybridized carbons (Fsp3) is 0.333. The quantitative estimate of drug-likeness (QED) is 0.332. The van der Waals surface area contributed by atoms with Crippen LogP contribution < -0.4 is 19.1 Å². The molecular weight excluding hydrogens is 585 g/mol. The van der Waals surface area contributed by atoms with Gasteiger partial charge < -0.3 is 19.7 Å². The first-order valence-electron chi connectivity index (χ1n) is 13.5. The number of rotatable bonds is 11. The molecule has 0 aromatic heterocycles. The summed E-state index contributed by atoms with van der Waals surface area (Å²) in [5.41, 5.74) is 0.766. The van der Waals surface area contributed by atoms with E-state index in [1.54, 1.807) is 31.2 Å². The molecule has 0 spiro atoms. The van der Waals surface area contributed by atoms with Gasteiger partial charge in [0.25, 0.3) is 10.0 Å². The topological polar surface area (TPSA) is 105 Å². The molecule has 1 aliphatic heterocycles. The van der Waals surface area contributed by atoms with Gasteiger partial charge in [-0.25, -0.2) is 12.8 Å². The second-order valence-corrected chi connectivity index (χ2v) is 12.2. The van der Waals surface area contributed by atoms with Crippen molar-refractivity contribution in [3.63, 3.8) is 0 Å². The van der Waals surface area contributed by atoms with Gasteiger partial charge in [0.05, 0.1) is 10.6 Å². The molecule has 42 heavy (non-hydrogen) atoms. The second-order valence-electron chi connectivity index (χ2n) is 9.94. The van der Waals surface area contributed by atoms with Gasteiger partial charge >= 0.3 is 0 Å². The minimum Gasteiger partial charge on any atom is -0.486 e. The van der Waals surface area contributed by atoms with Gasteiger partial charge in [-0.2, -0.15) is 0 Å². The van der Waals surface area contributed by atoms with E-state index in [1.807, 2.05) is 13.8 Å². The molecule has 9 nitrogen and oxygen atoms in total. The van der Waals surface area contributed by atoms with Crippen LogP contribution in [-0.2, 0) is 26.2 Å². The number of anilines is 1. The molecule has 1 heterocycles. The van der Waals surface area contributed by atoms with E-state index in [9.17, 15) is 22.4 Å². The minimum absolute atomic E-state index is 0.0203. The van der Waals surface area contributed by atoms with Crippen molar-refractivity contribution in [1.82, 2.24) is 10.2 Å².